The molecule has 0 bridgehead atoms. The highest BCUT2D eigenvalue weighted by Gasteiger charge is 2.34. The quantitative estimate of drug-likeness (QED) is 0.423. The first-order chi connectivity index (χ1) is 16.9. The van der Waals surface area contributed by atoms with E-state index in [0.717, 1.165) is 6.20 Å². The highest BCUT2D eigenvalue weighted by molar-refractivity contribution is 7.17. The fourth-order valence-corrected chi connectivity index (χ4v) is 4.62. The van der Waals surface area contributed by atoms with Crippen LogP contribution >= 0.6 is 11.3 Å². The second-order valence-corrected chi connectivity index (χ2v) is 9.11. The van der Waals surface area contributed by atoms with Gasteiger partial charge in [0.1, 0.15) is 11.6 Å². The van der Waals surface area contributed by atoms with Crippen LogP contribution in [0.2, 0.25) is 0 Å². The Morgan fingerprint density at radius 1 is 1.14 bits per heavy atom. The third kappa shape index (κ3) is 4.67. The van der Waals surface area contributed by atoms with Crippen molar-refractivity contribution in [3.8, 4) is 0 Å². The van der Waals surface area contributed by atoms with Gasteiger partial charge in [0.25, 0.3) is 11.8 Å². The lowest BCUT2D eigenvalue weighted by Crippen LogP contribution is -2.61. The van der Waals surface area contributed by atoms with Crippen molar-refractivity contribution in [3.63, 3.8) is 0 Å². The fourth-order valence-electron chi connectivity index (χ4n) is 3.81. The molecule has 0 spiro atoms. The normalized spacial score (nSPS) is 14.4. The van der Waals surface area contributed by atoms with Crippen LogP contribution < -0.4 is 10.6 Å². The predicted molar refractivity (Wildman–Crippen MR) is 127 cm³/mol. The minimum absolute atomic E-state index is 0.0355. The van der Waals surface area contributed by atoms with Gasteiger partial charge in [0.05, 0.1) is 34.1 Å². The van der Waals surface area contributed by atoms with E-state index in [0.29, 0.717) is 15.8 Å². The zero-order valence-corrected chi connectivity index (χ0v) is 19.4. The monoisotopic (exact) mass is 494 g/mol. The van der Waals surface area contributed by atoms with Crippen LogP contribution in [-0.4, -0.2) is 50.8 Å². The average molecular weight is 495 g/mol. The number of nitrogens with zero attached hydrogens (tertiary/aromatic N) is 4. The Morgan fingerprint density at radius 2 is 1.94 bits per heavy atom. The molecule has 1 aliphatic rings. The number of carbonyl (C=O) groups excluding carboxylic acids is 2. The summed E-state index contributed by atoms with van der Waals surface area (Å²) in [5, 5.41) is 7.69. The average Bonchev–Trinajstić information content (AvgIpc) is 3.29. The Morgan fingerprint density at radius 3 is 2.71 bits per heavy atom. The molecule has 0 saturated carbocycles. The number of nitrogens with one attached hydrogen (secondary N) is 2. The van der Waals surface area contributed by atoms with E-state index in [4.69, 9.17) is 0 Å². The van der Waals surface area contributed by atoms with Crippen molar-refractivity contribution in [1.29, 1.82) is 0 Å². The molecule has 1 aliphatic heterocycles. The largest absolute Gasteiger partial charge is 0.348 e. The molecule has 4 aromatic rings. The van der Waals surface area contributed by atoms with Gasteiger partial charge < -0.3 is 15.5 Å². The van der Waals surface area contributed by atoms with E-state index in [9.17, 15) is 18.4 Å². The van der Waals surface area contributed by atoms with E-state index in [1.165, 1.54) is 35.6 Å². The van der Waals surface area contributed by atoms with Crippen LogP contribution in [0.4, 0.5) is 14.7 Å². The number of aromatic nitrogens is 3. The van der Waals surface area contributed by atoms with Crippen LogP contribution in [0.5, 0.6) is 0 Å². The number of hydrogen-bond donors (Lipinski definition) is 2. The van der Waals surface area contributed by atoms with E-state index in [1.54, 1.807) is 23.2 Å². The molecule has 1 unspecified atom stereocenters. The highest BCUT2D eigenvalue weighted by Crippen LogP contribution is 2.27. The number of hydrogen-bond acceptors (Lipinski definition) is 7. The number of carbonyl (C=O) groups is 2. The van der Waals surface area contributed by atoms with Gasteiger partial charge in [0.15, 0.2) is 5.69 Å². The fraction of sp³-hybridized carbons (Fsp3) is 0.208. The number of halogens is 2. The molecule has 3 aromatic heterocycles. The molecular weight excluding hydrogens is 474 g/mol. The molecule has 178 valence electrons. The summed E-state index contributed by atoms with van der Waals surface area (Å²) in [5.41, 5.74) is 1.44. The van der Waals surface area contributed by atoms with Crippen LogP contribution in [0.1, 0.15) is 39.4 Å². The molecule has 4 heterocycles. The van der Waals surface area contributed by atoms with Gasteiger partial charge in [0, 0.05) is 19.3 Å². The Kier molecular flexibility index (Phi) is 6.08. The minimum Gasteiger partial charge on any atom is -0.348 e. The maximum atomic E-state index is 13.8. The smallest absolute Gasteiger partial charge is 0.274 e. The minimum atomic E-state index is -0.596. The SMILES string of the molecule is CC(Nc1nc(C(=O)N2CC(NC(=O)c3ccccc3F)C2)c2sccc2n1)c1cncc(F)c1. The third-order valence-corrected chi connectivity index (χ3v) is 6.61. The Bertz CT molecular complexity index is 1420. The van der Waals surface area contributed by atoms with Gasteiger partial charge in [0.2, 0.25) is 5.95 Å². The molecule has 1 atom stereocenters. The van der Waals surface area contributed by atoms with Gasteiger partial charge in [-0.15, -0.1) is 11.3 Å². The molecular formula is C24H20F2N6O2S. The highest BCUT2D eigenvalue weighted by atomic mass is 32.1. The number of pyridine rings is 1. The summed E-state index contributed by atoms with van der Waals surface area (Å²) in [5.74, 6) is -1.62. The first-order valence-electron chi connectivity index (χ1n) is 10.9. The Labute approximate surface area is 203 Å². The third-order valence-electron chi connectivity index (χ3n) is 5.70. The number of anilines is 1. The van der Waals surface area contributed by atoms with Crippen molar-refractivity contribution in [3.05, 3.63) is 82.6 Å². The maximum Gasteiger partial charge on any atom is 0.274 e. The van der Waals surface area contributed by atoms with Crippen molar-refractivity contribution < 1.29 is 18.4 Å². The molecule has 2 amide bonds. The van der Waals surface area contributed by atoms with Crippen LogP contribution in [0.15, 0.2) is 54.2 Å². The van der Waals surface area contributed by atoms with E-state index in [2.05, 4.69) is 25.6 Å². The van der Waals surface area contributed by atoms with Gasteiger partial charge >= 0.3 is 0 Å². The summed E-state index contributed by atoms with van der Waals surface area (Å²) >= 11 is 1.36. The van der Waals surface area contributed by atoms with Crippen molar-refractivity contribution in [2.45, 2.75) is 19.0 Å². The van der Waals surface area contributed by atoms with Crippen molar-refractivity contribution in [2.24, 2.45) is 0 Å². The molecule has 2 N–H and O–H groups in total. The van der Waals surface area contributed by atoms with Crippen molar-refractivity contribution in [2.75, 3.05) is 18.4 Å². The molecule has 1 saturated heterocycles. The second-order valence-electron chi connectivity index (χ2n) is 8.19. The summed E-state index contributed by atoms with van der Waals surface area (Å²) in [6, 6.07) is 8.28. The van der Waals surface area contributed by atoms with E-state index >= 15 is 0 Å². The Balaban J connectivity index is 1.29. The van der Waals surface area contributed by atoms with Crippen LogP contribution in [0.3, 0.4) is 0 Å². The molecule has 35 heavy (non-hydrogen) atoms. The molecule has 5 rings (SSSR count). The Hall–Kier alpha value is -3.99. The molecule has 8 nitrogen and oxygen atoms in total. The lowest BCUT2D eigenvalue weighted by Gasteiger charge is -2.39. The standard InChI is InChI=1S/C24H20F2N6O2S/c1-13(14-8-15(25)10-27-9-14)28-24-30-19-6-7-35-21(19)20(31-24)23(34)32-11-16(12-32)29-22(33)17-4-2-3-5-18(17)26/h2-10,13,16H,11-12H2,1H3,(H,29,33)(H,28,30,31). The number of likely N-dealkylation sites (tertiary alicyclic amines) is 1. The first kappa shape index (κ1) is 22.8. The molecule has 1 aromatic carbocycles. The number of benzene rings is 1. The first-order valence-corrected chi connectivity index (χ1v) is 11.7. The summed E-state index contributed by atoms with van der Waals surface area (Å²) in [4.78, 5) is 39.9. The molecule has 11 heteroatoms. The lowest BCUT2D eigenvalue weighted by molar-refractivity contribution is 0.0538. The van der Waals surface area contributed by atoms with Crippen LogP contribution in [0.25, 0.3) is 10.2 Å². The van der Waals surface area contributed by atoms with Gasteiger partial charge in [-0.1, -0.05) is 12.1 Å². The van der Waals surface area contributed by atoms with Gasteiger partial charge in [-0.05, 0) is 42.1 Å². The van der Waals surface area contributed by atoms with Gasteiger partial charge in [-0.3, -0.25) is 14.6 Å². The lowest BCUT2D eigenvalue weighted by atomic mass is 10.1. The van der Waals surface area contributed by atoms with Crippen LogP contribution in [-0.2, 0) is 0 Å². The number of fused-ring (bicyclic) bond motifs is 1. The van der Waals surface area contributed by atoms with E-state index in [-0.39, 0.29) is 48.3 Å². The number of rotatable bonds is 6. The van der Waals surface area contributed by atoms with Crippen molar-refractivity contribution >= 4 is 39.3 Å². The molecule has 0 radical (unpaired) electrons. The summed E-state index contributed by atoms with van der Waals surface area (Å²) in [7, 11) is 0. The predicted octanol–water partition coefficient (Wildman–Crippen LogP) is 3.79. The maximum absolute atomic E-state index is 13.8. The van der Waals surface area contributed by atoms with Gasteiger partial charge in [-0.2, -0.15) is 0 Å². The number of amides is 2. The van der Waals surface area contributed by atoms with Crippen molar-refractivity contribution in [1.82, 2.24) is 25.2 Å². The molecule has 1 fully saturated rings. The van der Waals surface area contributed by atoms with Gasteiger partial charge in [-0.25, -0.2) is 18.7 Å². The van der Waals surface area contributed by atoms with E-state index in [1.807, 2.05) is 12.3 Å². The zero-order valence-electron chi connectivity index (χ0n) is 18.5. The summed E-state index contributed by atoms with van der Waals surface area (Å²) in [6.45, 7) is 2.38. The summed E-state index contributed by atoms with van der Waals surface area (Å²) < 4.78 is 28.0. The molecule has 0 aliphatic carbocycles. The zero-order chi connectivity index (χ0) is 24.5. The summed E-state index contributed by atoms with van der Waals surface area (Å²) in [6.07, 6.45) is 2.67. The van der Waals surface area contributed by atoms with Crippen LogP contribution in [0, 0.1) is 11.6 Å². The number of thiophene rings is 1. The second kappa shape index (κ2) is 9.34. The topological polar surface area (TPSA) is 100 Å². The van der Waals surface area contributed by atoms with E-state index < -0.39 is 17.5 Å².